The molecule has 5 nitrogen and oxygen atoms in total. The van der Waals surface area contributed by atoms with Gasteiger partial charge in [0.1, 0.15) is 23.9 Å². The van der Waals surface area contributed by atoms with Gasteiger partial charge in [-0.1, -0.05) is 18.2 Å². The molecule has 0 aliphatic carbocycles. The van der Waals surface area contributed by atoms with E-state index in [0.29, 0.717) is 31.1 Å². The van der Waals surface area contributed by atoms with Gasteiger partial charge >= 0.3 is 0 Å². The summed E-state index contributed by atoms with van der Waals surface area (Å²) in [5.41, 5.74) is 0. The number of benzene rings is 2. The third-order valence-electron chi connectivity index (χ3n) is 3.83. The van der Waals surface area contributed by atoms with Gasteiger partial charge in [0.15, 0.2) is 9.84 Å². The maximum atomic E-state index is 12.1. The summed E-state index contributed by atoms with van der Waals surface area (Å²) in [6.45, 7) is 0.958. The quantitative estimate of drug-likeness (QED) is 0.769. The van der Waals surface area contributed by atoms with Crippen LogP contribution in [-0.4, -0.2) is 39.2 Å². The van der Waals surface area contributed by atoms with Crippen LogP contribution in [0.3, 0.4) is 0 Å². The highest BCUT2D eigenvalue weighted by Crippen LogP contribution is 2.23. The largest absolute Gasteiger partial charge is 0.493 e. The number of hydrogen-bond donors (Lipinski definition) is 0. The summed E-state index contributed by atoms with van der Waals surface area (Å²) in [5, 5.41) is -0.386. The molecule has 128 valence electrons. The number of hydrogen-bond acceptors (Lipinski definition) is 5. The number of rotatable bonds is 7. The third-order valence-corrected chi connectivity index (χ3v) is 5.96. The van der Waals surface area contributed by atoms with Crippen molar-refractivity contribution in [2.24, 2.45) is 0 Å². The van der Waals surface area contributed by atoms with Gasteiger partial charge in [-0.25, -0.2) is 8.42 Å². The summed E-state index contributed by atoms with van der Waals surface area (Å²) < 4.78 is 40.6. The van der Waals surface area contributed by atoms with Crippen LogP contribution in [0.25, 0.3) is 0 Å². The smallest absolute Gasteiger partial charge is 0.158 e. The maximum absolute atomic E-state index is 12.1. The molecular weight excluding hydrogens is 328 g/mol. The first-order chi connectivity index (χ1) is 11.6. The second kappa shape index (κ2) is 7.68. The van der Waals surface area contributed by atoms with Gasteiger partial charge in [0.25, 0.3) is 0 Å². The van der Waals surface area contributed by atoms with Crippen LogP contribution in [0.1, 0.15) is 6.42 Å². The predicted molar refractivity (Wildman–Crippen MR) is 91.5 cm³/mol. The highest BCUT2D eigenvalue weighted by Gasteiger charge is 2.29. The van der Waals surface area contributed by atoms with Crippen molar-refractivity contribution in [2.75, 3.05) is 25.6 Å². The van der Waals surface area contributed by atoms with Crippen LogP contribution < -0.4 is 9.47 Å². The van der Waals surface area contributed by atoms with Gasteiger partial charge in [0.05, 0.1) is 17.6 Å². The first kappa shape index (κ1) is 16.8. The normalized spacial score (nSPS) is 17.6. The standard InChI is InChI=1S/C18H20O5S/c19-24(20,18-10-11-21-14-18)13-12-22-15-6-8-17(9-7-15)23-16-4-2-1-3-5-16/h1-9,18H,10-14H2. The summed E-state index contributed by atoms with van der Waals surface area (Å²) >= 11 is 0. The molecule has 0 amide bonds. The van der Waals surface area contributed by atoms with Crippen LogP contribution >= 0.6 is 0 Å². The van der Waals surface area contributed by atoms with Crippen molar-refractivity contribution in [1.29, 1.82) is 0 Å². The summed E-state index contributed by atoms with van der Waals surface area (Å²) in [6.07, 6.45) is 0.577. The second-order valence-corrected chi connectivity index (χ2v) is 7.99. The Bertz CT molecular complexity index is 735. The van der Waals surface area contributed by atoms with E-state index in [4.69, 9.17) is 14.2 Å². The average molecular weight is 348 g/mol. The van der Waals surface area contributed by atoms with E-state index < -0.39 is 9.84 Å². The van der Waals surface area contributed by atoms with E-state index in [-0.39, 0.29) is 17.6 Å². The molecule has 6 heteroatoms. The molecule has 0 N–H and O–H groups in total. The van der Waals surface area contributed by atoms with E-state index in [0.717, 1.165) is 5.75 Å². The number of sulfone groups is 1. The summed E-state index contributed by atoms with van der Waals surface area (Å²) in [7, 11) is -3.15. The molecule has 1 saturated heterocycles. The molecule has 24 heavy (non-hydrogen) atoms. The van der Waals surface area contributed by atoms with E-state index >= 15 is 0 Å². The van der Waals surface area contributed by atoms with Crippen molar-refractivity contribution >= 4 is 9.84 Å². The Morgan fingerprint density at radius 2 is 1.62 bits per heavy atom. The van der Waals surface area contributed by atoms with Crippen LogP contribution in [-0.2, 0) is 14.6 Å². The Morgan fingerprint density at radius 3 is 2.29 bits per heavy atom. The molecule has 0 radical (unpaired) electrons. The molecule has 0 saturated carbocycles. The fraction of sp³-hybridized carbons (Fsp3) is 0.333. The highest BCUT2D eigenvalue weighted by molar-refractivity contribution is 7.92. The van der Waals surface area contributed by atoms with Gasteiger partial charge in [0, 0.05) is 6.61 Å². The molecule has 1 aliphatic rings. The summed E-state index contributed by atoms with van der Waals surface area (Å²) in [4.78, 5) is 0. The molecular formula is C18H20O5S. The topological polar surface area (TPSA) is 61.8 Å². The summed E-state index contributed by atoms with van der Waals surface area (Å²) in [5.74, 6) is 2.08. The van der Waals surface area contributed by atoms with Crippen molar-refractivity contribution in [3.63, 3.8) is 0 Å². The Labute approximate surface area is 142 Å². The van der Waals surface area contributed by atoms with Crippen molar-refractivity contribution in [1.82, 2.24) is 0 Å². The highest BCUT2D eigenvalue weighted by atomic mass is 32.2. The molecule has 1 unspecified atom stereocenters. The van der Waals surface area contributed by atoms with Gasteiger partial charge in [-0.15, -0.1) is 0 Å². The first-order valence-electron chi connectivity index (χ1n) is 7.88. The molecule has 3 rings (SSSR count). The molecule has 0 aromatic heterocycles. The van der Waals surface area contributed by atoms with Gasteiger partial charge in [-0.2, -0.15) is 0 Å². The lowest BCUT2D eigenvalue weighted by Gasteiger charge is -2.11. The molecule has 1 aliphatic heterocycles. The molecule has 2 aromatic rings. The van der Waals surface area contributed by atoms with Crippen molar-refractivity contribution in [2.45, 2.75) is 11.7 Å². The van der Waals surface area contributed by atoms with E-state index in [1.54, 1.807) is 24.3 Å². The molecule has 2 aromatic carbocycles. The van der Waals surface area contributed by atoms with E-state index in [2.05, 4.69) is 0 Å². The van der Waals surface area contributed by atoms with Gasteiger partial charge in [-0.05, 0) is 42.8 Å². The summed E-state index contributed by atoms with van der Waals surface area (Å²) in [6, 6.07) is 16.6. The maximum Gasteiger partial charge on any atom is 0.158 e. The zero-order valence-electron chi connectivity index (χ0n) is 13.3. The SMILES string of the molecule is O=S(=O)(CCOc1ccc(Oc2ccccc2)cc1)C1CCOC1. The molecule has 1 heterocycles. The fourth-order valence-electron chi connectivity index (χ4n) is 2.47. The lowest BCUT2D eigenvalue weighted by atomic mass is 10.3. The molecule has 1 atom stereocenters. The minimum atomic E-state index is -3.15. The van der Waals surface area contributed by atoms with Crippen LogP contribution in [0.4, 0.5) is 0 Å². The Balaban J connectivity index is 1.49. The minimum absolute atomic E-state index is 0.00327. The van der Waals surface area contributed by atoms with E-state index in [1.807, 2.05) is 30.3 Å². The second-order valence-electron chi connectivity index (χ2n) is 5.59. The van der Waals surface area contributed by atoms with E-state index in [1.165, 1.54) is 0 Å². The third kappa shape index (κ3) is 4.49. The van der Waals surface area contributed by atoms with Crippen molar-refractivity contribution < 1.29 is 22.6 Å². The van der Waals surface area contributed by atoms with Gasteiger partial charge in [-0.3, -0.25) is 0 Å². The zero-order chi connectivity index (χ0) is 16.8. The Morgan fingerprint density at radius 1 is 0.958 bits per heavy atom. The zero-order valence-corrected chi connectivity index (χ0v) is 14.1. The van der Waals surface area contributed by atoms with Crippen molar-refractivity contribution in [3.8, 4) is 17.2 Å². The van der Waals surface area contributed by atoms with E-state index in [9.17, 15) is 8.42 Å². The van der Waals surface area contributed by atoms with Crippen LogP contribution in [0.15, 0.2) is 54.6 Å². The van der Waals surface area contributed by atoms with Crippen LogP contribution in [0, 0.1) is 0 Å². The monoisotopic (exact) mass is 348 g/mol. The van der Waals surface area contributed by atoms with Crippen LogP contribution in [0.2, 0.25) is 0 Å². The number of para-hydroxylation sites is 1. The molecule has 0 bridgehead atoms. The Kier molecular flexibility index (Phi) is 5.37. The Hall–Kier alpha value is -2.05. The molecule has 1 fully saturated rings. The van der Waals surface area contributed by atoms with Crippen LogP contribution in [0.5, 0.6) is 17.2 Å². The number of ether oxygens (including phenoxy) is 3. The fourth-order valence-corrected chi connectivity index (χ4v) is 3.87. The van der Waals surface area contributed by atoms with Gasteiger partial charge in [0.2, 0.25) is 0 Å². The predicted octanol–water partition coefficient (Wildman–Crippen LogP) is 3.06. The minimum Gasteiger partial charge on any atom is -0.493 e. The lowest BCUT2D eigenvalue weighted by Crippen LogP contribution is -2.27. The first-order valence-corrected chi connectivity index (χ1v) is 9.60. The lowest BCUT2D eigenvalue weighted by molar-refractivity contribution is 0.198. The molecule has 0 spiro atoms. The average Bonchev–Trinajstić information content (AvgIpc) is 3.13. The van der Waals surface area contributed by atoms with Crippen molar-refractivity contribution in [3.05, 3.63) is 54.6 Å². The van der Waals surface area contributed by atoms with Gasteiger partial charge < -0.3 is 14.2 Å².